The second-order valence-electron chi connectivity index (χ2n) is 5.56. The van der Waals surface area contributed by atoms with Crippen LogP contribution < -0.4 is 4.90 Å². The third kappa shape index (κ3) is 3.47. The van der Waals surface area contributed by atoms with Crippen LogP contribution in [0, 0.1) is 0 Å². The lowest BCUT2D eigenvalue weighted by molar-refractivity contribution is -0.197. The molecule has 4 amide bonds. The Bertz CT molecular complexity index is 762. The predicted molar refractivity (Wildman–Crippen MR) is 83.6 cm³/mol. The quantitative estimate of drug-likeness (QED) is 0.729. The number of carbonyl (C=O) groups excluding carboxylic acids is 5. The molecule has 0 atom stereocenters. The van der Waals surface area contributed by atoms with Crippen LogP contribution in [0.5, 0.6) is 0 Å². The number of carbonyl (C=O) groups is 5. The van der Waals surface area contributed by atoms with Gasteiger partial charge in [-0.2, -0.15) is 0 Å². The van der Waals surface area contributed by atoms with Crippen LogP contribution in [0.1, 0.15) is 24.8 Å². The summed E-state index contributed by atoms with van der Waals surface area (Å²) < 4.78 is 0. The van der Waals surface area contributed by atoms with Crippen LogP contribution in [0.25, 0.3) is 0 Å². The van der Waals surface area contributed by atoms with Crippen molar-refractivity contribution in [3.63, 3.8) is 0 Å². The highest BCUT2D eigenvalue weighted by Crippen LogP contribution is 2.20. The van der Waals surface area contributed by atoms with Crippen LogP contribution in [-0.4, -0.2) is 34.7 Å². The summed E-state index contributed by atoms with van der Waals surface area (Å²) in [5.74, 6) is -2.52. The maximum Gasteiger partial charge on any atom is 0.333 e. The number of nitrogens with zero attached hydrogens (tertiary/aromatic N) is 2. The van der Waals surface area contributed by atoms with Gasteiger partial charge < -0.3 is 4.84 Å². The number of hydrogen-bond acceptors (Lipinski definition) is 6. The first-order valence-corrected chi connectivity index (χ1v) is 7.67. The van der Waals surface area contributed by atoms with Gasteiger partial charge in [-0.05, 0) is 24.1 Å². The molecule has 128 valence electrons. The summed E-state index contributed by atoms with van der Waals surface area (Å²) in [7, 11) is 0. The monoisotopic (exact) mass is 342 g/mol. The lowest BCUT2D eigenvalue weighted by Gasteiger charge is -2.14. The summed E-state index contributed by atoms with van der Waals surface area (Å²) in [6.07, 6.45) is 2.82. The third-order valence-electron chi connectivity index (χ3n) is 3.82. The maximum atomic E-state index is 11.8. The molecule has 0 bridgehead atoms. The second kappa shape index (κ2) is 6.68. The van der Waals surface area contributed by atoms with Gasteiger partial charge in [0.25, 0.3) is 23.6 Å². The Balaban J connectivity index is 1.54. The molecular formula is C17H14N2O6. The summed E-state index contributed by atoms with van der Waals surface area (Å²) in [4.78, 5) is 63.5. The van der Waals surface area contributed by atoms with Gasteiger partial charge in [-0.15, -0.1) is 5.06 Å². The highest BCUT2D eigenvalue weighted by molar-refractivity contribution is 6.28. The van der Waals surface area contributed by atoms with E-state index < -0.39 is 29.6 Å². The molecule has 8 nitrogen and oxygen atoms in total. The maximum absolute atomic E-state index is 11.8. The van der Waals surface area contributed by atoms with E-state index in [2.05, 4.69) is 0 Å². The molecule has 2 aliphatic rings. The Morgan fingerprint density at radius 1 is 0.920 bits per heavy atom. The Labute approximate surface area is 142 Å². The van der Waals surface area contributed by atoms with Crippen molar-refractivity contribution in [1.82, 2.24) is 5.06 Å². The van der Waals surface area contributed by atoms with Gasteiger partial charge in [-0.3, -0.25) is 19.2 Å². The molecule has 0 unspecified atom stereocenters. The molecule has 0 radical (unpaired) electrons. The fourth-order valence-electron chi connectivity index (χ4n) is 2.52. The first-order valence-electron chi connectivity index (χ1n) is 7.67. The van der Waals surface area contributed by atoms with Gasteiger partial charge in [0.05, 0.1) is 12.1 Å². The van der Waals surface area contributed by atoms with E-state index in [0.717, 1.165) is 10.5 Å². The zero-order chi connectivity index (χ0) is 18.0. The lowest BCUT2D eigenvalue weighted by Crippen LogP contribution is -2.32. The van der Waals surface area contributed by atoms with Gasteiger partial charge in [-0.25, -0.2) is 9.69 Å². The van der Waals surface area contributed by atoms with Crippen molar-refractivity contribution in [2.24, 2.45) is 0 Å². The largest absolute Gasteiger partial charge is 0.333 e. The number of amides is 4. The van der Waals surface area contributed by atoms with Crippen molar-refractivity contribution >= 4 is 35.3 Å². The summed E-state index contributed by atoms with van der Waals surface area (Å²) in [5.41, 5.74) is 1.23. The van der Waals surface area contributed by atoms with Gasteiger partial charge >= 0.3 is 5.97 Å². The molecule has 25 heavy (non-hydrogen) atoms. The van der Waals surface area contributed by atoms with E-state index in [0.29, 0.717) is 17.2 Å². The summed E-state index contributed by atoms with van der Waals surface area (Å²) in [6, 6.07) is 6.59. The van der Waals surface area contributed by atoms with Crippen LogP contribution in [0.15, 0.2) is 36.4 Å². The molecule has 0 spiro atoms. The standard InChI is InChI=1S/C17H14N2O6/c20-13-6-7-14(21)18(13)12-4-1-11(2-5-12)3-10-17(24)25-19-15(22)8-9-16(19)23/h1-2,4-7H,3,8-10H2. The van der Waals surface area contributed by atoms with Crippen molar-refractivity contribution < 1.29 is 28.8 Å². The van der Waals surface area contributed by atoms with Crippen LogP contribution in [0.3, 0.4) is 0 Å². The molecule has 1 aromatic rings. The minimum atomic E-state index is -0.679. The molecule has 2 aliphatic heterocycles. The first kappa shape index (κ1) is 16.6. The Morgan fingerprint density at radius 3 is 2.04 bits per heavy atom. The fraction of sp³-hybridized carbons (Fsp3) is 0.235. The molecule has 1 saturated heterocycles. The zero-order valence-corrected chi connectivity index (χ0v) is 13.1. The molecule has 1 aromatic carbocycles. The Hall–Kier alpha value is -3.29. The van der Waals surface area contributed by atoms with Gasteiger partial charge in [-0.1, -0.05) is 12.1 Å². The number of imide groups is 2. The van der Waals surface area contributed by atoms with E-state index in [-0.39, 0.29) is 19.3 Å². The molecule has 3 rings (SSSR count). The summed E-state index contributed by atoms with van der Waals surface area (Å²) >= 11 is 0. The van der Waals surface area contributed by atoms with Crippen molar-refractivity contribution in [3.8, 4) is 0 Å². The number of benzene rings is 1. The number of anilines is 1. The third-order valence-corrected chi connectivity index (χ3v) is 3.82. The first-order chi connectivity index (χ1) is 12.0. The van der Waals surface area contributed by atoms with E-state index >= 15 is 0 Å². The van der Waals surface area contributed by atoms with E-state index in [1.807, 2.05) is 0 Å². The predicted octanol–water partition coefficient (Wildman–Crippen LogP) is 0.656. The van der Waals surface area contributed by atoms with Gasteiger partial charge in [0, 0.05) is 25.0 Å². The van der Waals surface area contributed by atoms with Gasteiger partial charge in [0.1, 0.15) is 0 Å². The topological polar surface area (TPSA) is 101 Å². The fourth-order valence-corrected chi connectivity index (χ4v) is 2.52. The van der Waals surface area contributed by atoms with Crippen LogP contribution in [0.4, 0.5) is 5.69 Å². The minimum absolute atomic E-state index is 0.0143. The van der Waals surface area contributed by atoms with E-state index in [9.17, 15) is 24.0 Å². The van der Waals surface area contributed by atoms with Crippen LogP contribution >= 0.6 is 0 Å². The molecule has 2 heterocycles. The minimum Gasteiger partial charge on any atom is -0.330 e. The number of hydroxylamine groups is 2. The molecule has 8 heteroatoms. The van der Waals surface area contributed by atoms with E-state index in [1.54, 1.807) is 24.3 Å². The number of aryl methyl sites for hydroxylation is 1. The molecule has 1 fully saturated rings. The number of hydrogen-bond donors (Lipinski definition) is 0. The van der Waals surface area contributed by atoms with Crippen molar-refractivity contribution in [3.05, 3.63) is 42.0 Å². The Kier molecular flexibility index (Phi) is 4.42. The molecular weight excluding hydrogens is 328 g/mol. The van der Waals surface area contributed by atoms with Crippen molar-refractivity contribution in [1.29, 1.82) is 0 Å². The van der Waals surface area contributed by atoms with Crippen molar-refractivity contribution in [2.75, 3.05) is 4.90 Å². The highest BCUT2D eigenvalue weighted by Gasteiger charge is 2.32. The van der Waals surface area contributed by atoms with Gasteiger partial charge in [0.2, 0.25) is 0 Å². The summed E-state index contributed by atoms with van der Waals surface area (Å²) in [5, 5.41) is 0.517. The van der Waals surface area contributed by atoms with Gasteiger partial charge in [0.15, 0.2) is 0 Å². The molecule has 0 aliphatic carbocycles. The van der Waals surface area contributed by atoms with Crippen molar-refractivity contribution in [2.45, 2.75) is 25.7 Å². The lowest BCUT2D eigenvalue weighted by atomic mass is 10.1. The van der Waals surface area contributed by atoms with Crippen LogP contribution in [-0.2, 0) is 35.2 Å². The molecule has 0 saturated carbocycles. The molecule has 0 N–H and O–H groups in total. The van der Waals surface area contributed by atoms with E-state index in [4.69, 9.17) is 4.84 Å². The second-order valence-corrected chi connectivity index (χ2v) is 5.56. The normalized spacial score (nSPS) is 17.0. The van der Waals surface area contributed by atoms with Crippen LogP contribution in [0.2, 0.25) is 0 Å². The average Bonchev–Trinajstić information content (AvgIpc) is 3.09. The van der Waals surface area contributed by atoms with E-state index in [1.165, 1.54) is 12.2 Å². The molecule has 0 aromatic heterocycles. The Morgan fingerprint density at radius 2 is 1.48 bits per heavy atom. The number of rotatable bonds is 5. The average molecular weight is 342 g/mol. The summed E-state index contributed by atoms with van der Waals surface area (Å²) in [6.45, 7) is 0. The highest BCUT2D eigenvalue weighted by atomic mass is 16.7. The SMILES string of the molecule is O=C(CCc1ccc(N2C(=O)C=CC2=O)cc1)ON1C(=O)CCC1=O. The smallest absolute Gasteiger partial charge is 0.330 e. The zero-order valence-electron chi connectivity index (χ0n) is 13.1.